The van der Waals surface area contributed by atoms with E-state index in [0.29, 0.717) is 10.0 Å². The zero-order valence-electron chi connectivity index (χ0n) is 16.0. The van der Waals surface area contributed by atoms with Crippen LogP contribution in [0.1, 0.15) is 28.7 Å². The Bertz CT molecular complexity index is 1010. The number of nitrogens with zero attached hydrogens (tertiary/aromatic N) is 1. The van der Waals surface area contributed by atoms with Gasteiger partial charge < -0.3 is 20.3 Å². The van der Waals surface area contributed by atoms with E-state index in [9.17, 15) is 15.0 Å². The first-order valence-corrected chi connectivity index (χ1v) is 10.4. The molecule has 0 aliphatic heterocycles. The van der Waals surface area contributed by atoms with Gasteiger partial charge in [-0.2, -0.15) is 0 Å². The number of aliphatic hydroxyl groups excluding tert-OH is 2. The van der Waals surface area contributed by atoms with Gasteiger partial charge in [-0.15, -0.1) is 0 Å². The fourth-order valence-electron chi connectivity index (χ4n) is 3.78. The Morgan fingerprint density at radius 1 is 1.07 bits per heavy atom. The molecule has 3 N–H and O–H groups in total. The molecule has 6 nitrogen and oxygen atoms in total. The van der Waals surface area contributed by atoms with Crippen molar-refractivity contribution < 1.29 is 19.7 Å². The summed E-state index contributed by atoms with van der Waals surface area (Å²) in [7, 11) is 0. The number of aromatic nitrogens is 1. The van der Waals surface area contributed by atoms with Crippen molar-refractivity contribution in [3.63, 3.8) is 0 Å². The number of carbonyl (C=O) groups excluding carboxylic acids is 1. The number of fused-ring (bicyclic) bond motifs is 3. The molecule has 2 atom stereocenters. The Labute approximate surface area is 182 Å². The number of carbonyl (C=O) groups is 1. The molecular formula is C23H21BrN2O4. The van der Waals surface area contributed by atoms with E-state index in [1.165, 1.54) is 12.4 Å². The maximum atomic E-state index is 12.2. The molecule has 7 heteroatoms. The van der Waals surface area contributed by atoms with Gasteiger partial charge in [0.2, 0.25) is 0 Å². The van der Waals surface area contributed by atoms with Crippen molar-refractivity contribution >= 4 is 22.0 Å². The molecule has 1 heterocycles. The smallest absolute Gasteiger partial charge is 0.407 e. The minimum atomic E-state index is -1.19. The fraction of sp³-hybridized carbons (Fsp3) is 0.217. The van der Waals surface area contributed by atoms with E-state index in [1.54, 1.807) is 6.07 Å². The highest BCUT2D eigenvalue weighted by Gasteiger charge is 2.29. The normalized spacial score (nSPS) is 14.5. The third kappa shape index (κ3) is 4.09. The maximum Gasteiger partial charge on any atom is 0.407 e. The van der Waals surface area contributed by atoms with Crippen LogP contribution in [0, 0.1) is 0 Å². The lowest BCUT2D eigenvalue weighted by Crippen LogP contribution is -2.36. The van der Waals surface area contributed by atoms with E-state index < -0.39 is 18.3 Å². The maximum absolute atomic E-state index is 12.2. The van der Waals surface area contributed by atoms with E-state index in [-0.39, 0.29) is 19.1 Å². The highest BCUT2D eigenvalue weighted by Crippen LogP contribution is 2.44. The molecule has 2 unspecified atom stereocenters. The highest BCUT2D eigenvalue weighted by atomic mass is 79.9. The van der Waals surface area contributed by atoms with Crippen LogP contribution < -0.4 is 5.32 Å². The first kappa shape index (κ1) is 20.5. The summed E-state index contributed by atoms with van der Waals surface area (Å²) < 4.78 is 6.02. The van der Waals surface area contributed by atoms with Gasteiger partial charge in [0.25, 0.3) is 0 Å². The van der Waals surface area contributed by atoms with Gasteiger partial charge in [-0.05, 0) is 44.3 Å². The van der Waals surface area contributed by atoms with Crippen molar-refractivity contribution in [2.24, 2.45) is 0 Å². The number of benzene rings is 2. The Hall–Kier alpha value is -2.74. The van der Waals surface area contributed by atoms with Crippen molar-refractivity contribution in [3.8, 4) is 11.1 Å². The van der Waals surface area contributed by atoms with Crippen molar-refractivity contribution in [2.75, 3.05) is 13.2 Å². The first-order valence-electron chi connectivity index (χ1n) is 9.60. The van der Waals surface area contributed by atoms with Gasteiger partial charge in [0.15, 0.2) is 0 Å². The molecule has 1 aliphatic carbocycles. The Balaban J connectivity index is 1.35. The standard InChI is InChI=1S/C23H21BrN2O4/c24-20-11-25-10-9-18(20)22(28)21(27)12-26-23(29)30-13-19-16-7-3-1-5-14(16)15-6-2-4-8-17(15)19/h1-11,19,21-22,27-28H,12-13H2,(H,26,29). The fourth-order valence-corrected chi connectivity index (χ4v) is 4.27. The monoisotopic (exact) mass is 468 g/mol. The molecule has 30 heavy (non-hydrogen) atoms. The predicted octanol–water partition coefficient (Wildman–Crippen LogP) is 3.78. The van der Waals surface area contributed by atoms with Gasteiger partial charge in [0.1, 0.15) is 18.8 Å². The van der Waals surface area contributed by atoms with Crippen molar-refractivity contribution in [3.05, 3.63) is 88.2 Å². The summed E-state index contributed by atoms with van der Waals surface area (Å²) in [6.07, 6.45) is 0.0524. The lowest BCUT2D eigenvalue weighted by Gasteiger charge is -2.20. The second kappa shape index (κ2) is 8.95. The van der Waals surface area contributed by atoms with Crippen molar-refractivity contribution in [1.29, 1.82) is 0 Å². The van der Waals surface area contributed by atoms with Gasteiger partial charge in [-0.1, -0.05) is 48.5 Å². The van der Waals surface area contributed by atoms with Gasteiger partial charge in [0, 0.05) is 34.9 Å². The van der Waals surface area contributed by atoms with Gasteiger partial charge in [-0.3, -0.25) is 4.98 Å². The van der Waals surface area contributed by atoms with E-state index >= 15 is 0 Å². The predicted molar refractivity (Wildman–Crippen MR) is 116 cm³/mol. The van der Waals surface area contributed by atoms with Crippen LogP contribution in [-0.4, -0.2) is 40.5 Å². The third-order valence-corrected chi connectivity index (χ3v) is 5.95. The summed E-state index contributed by atoms with van der Waals surface area (Å²) in [6, 6.07) is 17.8. The summed E-state index contributed by atoms with van der Waals surface area (Å²) in [4.78, 5) is 16.1. The molecule has 0 saturated heterocycles. The minimum absolute atomic E-state index is 0.0357. The number of pyridine rings is 1. The number of aliphatic hydroxyl groups is 2. The van der Waals surface area contributed by atoms with Crippen LogP contribution >= 0.6 is 15.9 Å². The molecule has 4 rings (SSSR count). The van der Waals surface area contributed by atoms with Gasteiger partial charge in [-0.25, -0.2) is 4.79 Å². The average molecular weight is 469 g/mol. The van der Waals surface area contributed by atoms with Crippen LogP contribution in [0.25, 0.3) is 11.1 Å². The van der Waals surface area contributed by atoms with Crippen LogP contribution in [-0.2, 0) is 4.74 Å². The largest absolute Gasteiger partial charge is 0.449 e. The Kier molecular flexibility index (Phi) is 6.13. The molecule has 0 bridgehead atoms. The average Bonchev–Trinajstić information content (AvgIpc) is 3.09. The summed E-state index contributed by atoms with van der Waals surface area (Å²) in [6.45, 7) is 0.0427. The second-order valence-electron chi connectivity index (χ2n) is 7.12. The zero-order valence-corrected chi connectivity index (χ0v) is 17.6. The van der Waals surface area contributed by atoms with Crippen LogP contribution in [0.5, 0.6) is 0 Å². The molecule has 0 spiro atoms. The lowest BCUT2D eigenvalue weighted by atomic mass is 9.98. The number of alkyl carbamates (subject to hydrolysis) is 1. The lowest BCUT2D eigenvalue weighted by molar-refractivity contribution is 0.0181. The number of amides is 1. The Morgan fingerprint density at radius 3 is 2.33 bits per heavy atom. The number of nitrogens with one attached hydrogen (secondary N) is 1. The molecule has 154 valence electrons. The first-order chi connectivity index (χ1) is 14.6. The van der Waals surface area contributed by atoms with Gasteiger partial charge >= 0.3 is 6.09 Å². The summed E-state index contributed by atoms with van der Waals surface area (Å²) in [5.41, 5.74) is 5.06. The van der Waals surface area contributed by atoms with Gasteiger partial charge in [0.05, 0.1) is 0 Å². The van der Waals surface area contributed by atoms with Crippen LogP contribution in [0.2, 0.25) is 0 Å². The molecule has 2 aromatic carbocycles. The van der Waals surface area contributed by atoms with E-state index in [4.69, 9.17) is 4.74 Å². The van der Waals surface area contributed by atoms with Crippen LogP contribution in [0.3, 0.4) is 0 Å². The summed E-state index contributed by atoms with van der Waals surface area (Å²) in [5, 5.41) is 23.0. The number of rotatable bonds is 6. The van der Waals surface area contributed by atoms with E-state index in [2.05, 4.69) is 38.4 Å². The number of hydrogen-bond donors (Lipinski definition) is 3. The summed E-state index contributed by atoms with van der Waals surface area (Å²) in [5.74, 6) is -0.0357. The van der Waals surface area contributed by atoms with Crippen LogP contribution in [0.4, 0.5) is 4.79 Å². The minimum Gasteiger partial charge on any atom is -0.449 e. The van der Waals surface area contributed by atoms with Crippen LogP contribution in [0.15, 0.2) is 71.5 Å². The number of ether oxygens (including phenoxy) is 1. The van der Waals surface area contributed by atoms with Crippen molar-refractivity contribution in [1.82, 2.24) is 10.3 Å². The SMILES string of the molecule is O=C(NCC(O)C(O)c1ccncc1Br)OCC1c2ccccc2-c2ccccc21. The zero-order chi connectivity index (χ0) is 21.1. The van der Waals surface area contributed by atoms with Crippen molar-refractivity contribution in [2.45, 2.75) is 18.1 Å². The third-order valence-electron chi connectivity index (χ3n) is 5.29. The molecule has 0 saturated carbocycles. The second-order valence-corrected chi connectivity index (χ2v) is 7.97. The van der Waals surface area contributed by atoms with E-state index in [1.807, 2.05) is 36.4 Å². The Morgan fingerprint density at radius 2 is 1.70 bits per heavy atom. The number of hydrogen-bond acceptors (Lipinski definition) is 5. The highest BCUT2D eigenvalue weighted by molar-refractivity contribution is 9.10. The molecule has 1 amide bonds. The summed E-state index contributed by atoms with van der Waals surface area (Å²) >= 11 is 3.29. The molecule has 3 aromatic rings. The molecule has 1 aliphatic rings. The molecule has 0 fully saturated rings. The topological polar surface area (TPSA) is 91.7 Å². The molecular weight excluding hydrogens is 448 g/mol. The molecule has 0 radical (unpaired) electrons. The van der Waals surface area contributed by atoms with E-state index in [0.717, 1.165) is 22.3 Å². The number of halogens is 1. The molecule has 1 aromatic heterocycles. The quantitative estimate of drug-likeness (QED) is 0.511.